The minimum absolute atomic E-state index is 0.147. The fourth-order valence-electron chi connectivity index (χ4n) is 5.86. The Morgan fingerprint density at radius 1 is 0.600 bits per heavy atom. The lowest BCUT2D eigenvalue weighted by Gasteiger charge is -2.18. The number of aliphatic hydroxyl groups is 1. The summed E-state index contributed by atoms with van der Waals surface area (Å²) in [4.78, 5) is 45.9. The summed E-state index contributed by atoms with van der Waals surface area (Å²) < 4.78 is 26.8. The Labute approximate surface area is 333 Å². The molecule has 55 heavy (non-hydrogen) atoms. The molecule has 0 aromatic carbocycles. The van der Waals surface area contributed by atoms with Crippen LogP contribution in [-0.4, -0.2) is 64.9 Å². The van der Waals surface area contributed by atoms with Crippen LogP contribution in [0.4, 0.5) is 0 Å². The molecule has 4 N–H and O–H groups in total. The van der Waals surface area contributed by atoms with E-state index in [1.165, 1.54) is 77.0 Å². The fourth-order valence-corrected chi connectivity index (χ4v) is 6.63. The molecule has 0 aromatic heterocycles. The largest absolute Gasteiger partial charge is 0.480 e. The first-order valence-corrected chi connectivity index (χ1v) is 23.0. The number of carbonyl (C=O) groups is 3. The van der Waals surface area contributed by atoms with Crippen molar-refractivity contribution in [1.82, 2.24) is 5.32 Å². The molecule has 0 aliphatic rings. The van der Waals surface area contributed by atoms with E-state index in [1.54, 1.807) is 0 Å². The van der Waals surface area contributed by atoms with Gasteiger partial charge in [-0.15, -0.1) is 0 Å². The number of phosphoric acid groups is 1. The Morgan fingerprint density at radius 3 is 1.58 bits per heavy atom. The number of aliphatic carboxylic acids is 1. The Hall–Kier alpha value is -2.30. The molecular weight excluding hydrogens is 721 g/mol. The number of rotatable bonds is 40. The van der Waals surface area contributed by atoms with Crippen molar-refractivity contribution in [3.8, 4) is 0 Å². The van der Waals surface area contributed by atoms with Gasteiger partial charge in [-0.2, -0.15) is 0 Å². The van der Waals surface area contributed by atoms with Gasteiger partial charge in [-0.3, -0.25) is 18.6 Å². The summed E-state index contributed by atoms with van der Waals surface area (Å²) >= 11 is 0. The maximum absolute atomic E-state index is 12.3. The smallest absolute Gasteiger partial charge is 0.472 e. The van der Waals surface area contributed by atoms with Gasteiger partial charge in [0.15, 0.2) is 6.04 Å². The highest BCUT2D eigenvalue weighted by Crippen LogP contribution is 2.43. The summed E-state index contributed by atoms with van der Waals surface area (Å²) in [5.41, 5.74) is 0. The van der Waals surface area contributed by atoms with Crippen molar-refractivity contribution in [3.63, 3.8) is 0 Å². The number of nitrogens with one attached hydrogen (secondary N) is 1. The van der Waals surface area contributed by atoms with Crippen LogP contribution < -0.4 is 5.32 Å². The molecule has 0 rings (SSSR count). The summed E-state index contributed by atoms with van der Waals surface area (Å²) in [5, 5.41) is 21.8. The summed E-state index contributed by atoms with van der Waals surface area (Å²) in [6.45, 7) is 2.47. The second-order valence-corrected chi connectivity index (χ2v) is 16.0. The van der Waals surface area contributed by atoms with Gasteiger partial charge in [0.2, 0.25) is 5.91 Å². The van der Waals surface area contributed by atoms with Crippen molar-refractivity contribution in [3.05, 3.63) is 36.5 Å². The number of carboxylic acids is 1. The van der Waals surface area contributed by atoms with Crippen molar-refractivity contribution in [2.45, 2.75) is 199 Å². The van der Waals surface area contributed by atoms with Crippen LogP contribution in [0.5, 0.6) is 0 Å². The molecule has 0 aliphatic heterocycles. The average Bonchev–Trinajstić information content (AvgIpc) is 3.16. The van der Waals surface area contributed by atoms with Crippen LogP contribution in [-0.2, 0) is 32.7 Å². The molecule has 0 saturated heterocycles. The van der Waals surface area contributed by atoms with Crippen LogP contribution in [0.2, 0.25) is 0 Å². The lowest BCUT2D eigenvalue weighted by atomic mass is 10.0. The SMILES string of the molecule is CC/C=C\C/C=C\C/C=C\CCCCCCCC(=O)OCC(O)COP(=O)(O)OCC(NC(=O)CCCCCCCCCCCCCCCCCC)C(=O)O. The molecule has 320 valence electrons. The summed E-state index contributed by atoms with van der Waals surface area (Å²) in [7, 11) is -4.76. The Balaban J connectivity index is 3.92. The molecule has 11 nitrogen and oxygen atoms in total. The van der Waals surface area contributed by atoms with Gasteiger partial charge in [-0.1, -0.05) is 166 Å². The predicted octanol–water partition coefficient (Wildman–Crippen LogP) is 10.8. The van der Waals surface area contributed by atoms with E-state index in [2.05, 4.69) is 55.6 Å². The number of carboxylic acid groups (broad SMARTS) is 1. The number of phosphoric ester groups is 1. The molecule has 0 aromatic rings. The molecule has 0 radical (unpaired) electrons. The van der Waals surface area contributed by atoms with Gasteiger partial charge in [-0.05, 0) is 44.9 Å². The molecule has 0 bridgehead atoms. The topological polar surface area (TPSA) is 169 Å². The Bertz CT molecular complexity index is 1080. The zero-order valence-electron chi connectivity index (χ0n) is 34.5. The van der Waals surface area contributed by atoms with Crippen LogP contribution in [0.15, 0.2) is 36.5 Å². The predicted molar refractivity (Wildman–Crippen MR) is 222 cm³/mol. The summed E-state index contributed by atoms with van der Waals surface area (Å²) in [6, 6.07) is -1.55. The maximum Gasteiger partial charge on any atom is 0.472 e. The van der Waals surface area contributed by atoms with Gasteiger partial charge < -0.3 is 25.2 Å². The molecule has 0 heterocycles. The number of carbonyl (C=O) groups excluding carboxylic acids is 2. The fraction of sp³-hybridized carbons (Fsp3) is 0.791. The highest BCUT2D eigenvalue weighted by molar-refractivity contribution is 7.47. The van der Waals surface area contributed by atoms with Crippen LogP contribution >= 0.6 is 7.82 Å². The number of ether oxygens (including phenoxy) is 1. The maximum atomic E-state index is 12.3. The molecular formula is C43H78NO10P. The number of unbranched alkanes of at least 4 members (excludes halogenated alkanes) is 20. The van der Waals surface area contributed by atoms with Crippen molar-refractivity contribution in [1.29, 1.82) is 0 Å². The quantitative estimate of drug-likeness (QED) is 0.0202. The average molecular weight is 800 g/mol. The van der Waals surface area contributed by atoms with E-state index in [9.17, 15) is 34.1 Å². The van der Waals surface area contributed by atoms with Crippen LogP contribution in [0, 0.1) is 0 Å². The number of allylic oxidation sites excluding steroid dienone is 6. The van der Waals surface area contributed by atoms with Gasteiger partial charge >= 0.3 is 19.8 Å². The normalized spacial score (nSPS) is 14.1. The molecule has 3 unspecified atom stereocenters. The van der Waals surface area contributed by atoms with Gasteiger partial charge in [0.25, 0.3) is 0 Å². The third-order valence-electron chi connectivity index (χ3n) is 9.19. The first kappa shape index (κ1) is 52.7. The van der Waals surface area contributed by atoms with Gasteiger partial charge in [-0.25, -0.2) is 9.36 Å². The molecule has 0 spiro atoms. The van der Waals surface area contributed by atoms with Crippen molar-refractivity contribution in [2.24, 2.45) is 0 Å². The van der Waals surface area contributed by atoms with Crippen LogP contribution in [0.25, 0.3) is 0 Å². The van der Waals surface area contributed by atoms with Gasteiger partial charge in [0, 0.05) is 12.8 Å². The minimum Gasteiger partial charge on any atom is -0.480 e. The van der Waals surface area contributed by atoms with Crippen molar-refractivity contribution >= 4 is 25.7 Å². The second kappa shape index (κ2) is 38.6. The number of hydrogen-bond acceptors (Lipinski definition) is 8. The van der Waals surface area contributed by atoms with Crippen molar-refractivity contribution in [2.75, 3.05) is 19.8 Å². The number of esters is 1. The minimum atomic E-state index is -4.76. The number of hydrogen-bond donors (Lipinski definition) is 4. The molecule has 12 heteroatoms. The third-order valence-corrected chi connectivity index (χ3v) is 10.1. The number of amides is 1. The zero-order chi connectivity index (χ0) is 40.7. The van der Waals surface area contributed by atoms with E-state index in [4.69, 9.17) is 13.8 Å². The Morgan fingerprint density at radius 2 is 1.05 bits per heavy atom. The van der Waals surface area contributed by atoms with E-state index in [0.717, 1.165) is 70.6 Å². The standard InChI is InChI=1S/C43H78NO10P/c1-3-5-7-9-11-13-15-17-19-21-22-24-26-28-30-32-34-41(46)44-40(43(48)49)38-54-55(50,51)53-37-39(45)36-52-42(47)35-33-31-29-27-25-23-20-18-16-14-12-10-8-6-4-2/h6,8,12,14,18,20,39-40,45H,3-5,7,9-11,13,15-17,19,21-38H2,1-2H3,(H,44,46)(H,48,49)(H,50,51)/b8-6-,14-12-,20-18-. The highest BCUT2D eigenvalue weighted by Gasteiger charge is 2.28. The molecule has 0 fully saturated rings. The van der Waals surface area contributed by atoms with E-state index in [0.29, 0.717) is 12.8 Å². The molecule has 0 saturated carbocycles. The van der Waals surface area contributed by atoms with E-state index in [-0.39, 0.29) is 12.8 Å². The first-order chi connectivity index (χ1) is 26.6. The number of aliphatic hydroxyl groups excluding tert-OH is 1. The van der Waals surface area contributed by atoms with E-state index < -0.39 is 57.6 Å². The Kier molecular flexibility index (Phi) is 37.0. The molecule has 0 aliphatic carbocycles. The van der Waals surface area contributed by atoms with Crippen LogP contribution in [0.1, 0.15) is 187 Å². The lowest BCUT2D eigenvalue weighted by molar-refractivity contribution is -0.147. The second-order valence-electron chi connectivity index (χ2n) is 14.5. The van der Waals surface area contributed by atoms with Crippen molar-refractivity contribution < 1.29 is 47.8 Å². The molecule has 1 amide bonds. The van der Waals surface area contributed by atoms with E-state index in [1.807, 2.05) is 0 Å². The monoisotopic (exact) mass is 800 g/mol. The summed E-state index contributed by atoms with van der Waals surface area (Å²) in [5.74, 6) is -2.39. The van der Waals surface area contributed by atoms with Gasteiger partial charge in [0.05, 0.1) is 13.2 Å². The zero-order valence-corrected chi connectivity index (χ0v) is 35.4. The lowest BCUT2D eigenvalue weighted by Crippen LogP contribution is -2.43. The molecule has 3 atom stereocenters. The summed E-state index contributed by atoms with van der Waals surface area (Å²) in [6.07, 6.45) is 40.2. The van der Waals surface area contributed by atoms with E-state index >= 15 is 0 Å². The van der Waals surface area contributed by atoms with Crippen LogP contribution in [0.3, 0.4) is 0 Å². The third kappa shape index (κ3) is 38.4. The highest BCUT2D eigenvalue weighted by atomic mass is 31.2. The first-order valence-electron chi connectivity index (χ1n) is 21.5. The van der Waals surface area contributed by atoms with Gasteiger partial charge in [0.1, 0.15) is 12.7 Å².